The molecule has 0 unspecified atom stereocenters. The van der Waals surface area contributed by atoms with Crippen molar-refractivity contribution in [1.82, 2.24) is 0 Å². The van der Waals surface area contributed by atoms with Crippen LogP contribution >= 0.6 is 0 Å². The van der Waals surface area contributed by atoms with Gasteiger partial charge in [0.25, 0.3) is 15.9 Å². The minimum Gasteiger partial charge on any atom is -0.497 e. The zero-order chi connectivity index (χ0) is 23.4. The predicted octanol–water partition coefficient (Wildman–Crippen LogP) is 3.47. The van der Waals surface area contributed by atoms with Crippen molar-refractivity contribution in [2.45, 2.75) is 11.3 Å². The molecule has 172 valence electrons. The second-order valence-electron chi connectivity index (χ2n) is 7.33. The zero-order valence-corrected chi connectivity index (χ0v) is 19.1. The maximum absolute atomic E-state index is 13.1. The van der Waals surface area contributed by atoms with Crippen LogP contribution in [-0.2, 0) is 21.2 Å². The molecule has 0 atom stereocenters. The predicted molar refractivity (Wildman–Crippen MR) is 125 cm³/mol. The lowest BCUT2D eigenvalue weighted by molar-refractivity contribution is -0.118. The fourth-order valence-electron chi connectivity index (χ4n) is 3.64. The summed E-state index contributed by atoms with van der Waals surface area (Å²) in [6, 6.07) is 18.6. The SMILES string of the molecule is COc1ccc(OC)c(NC(=O)COc2ccc(S(=O)(=O)N3CCc4ccccc43)cc2)c1. The quantitative estimate of drug-likeness (QED) is 0.544. The number of benzene rings is 3. The molecule has 1 amide bonds. The van der Waals surface area contributed by atoms with E-state index in [9.17, 15) is 13.2 Å². The standard InChI is InChI=1S/C24H24N2O6S/c1-30-19-9-12-23(31-2)21(15-19)25-24(27)16-32-18-7-10-20(11-8-18)33(28,29)26-14-13-17-5-3-4-6-22(17)26/h3-12,15H,13-14,16H2,1-2H3,(H,25,27). The van der Waals surface area contributed by atoms with E-state index in [1.165, 1.54) is 42.8 Å². The molecule has 3 aromatic rings. The van der Waals surface area contributed by atoms with Crippen molar-refractivity contribution in [3.8, 4) is 17.2 Å². The summed E-state index contributed by atoms with van der Waals surface area (Å²) in [5, 5.41) is 2.72. The molecule has 0 saturated carbocycles. The number of carbonyl (C=O) groups is 1. The summed E-state index contributed by atoms with van der Waals surface area (Å²) in [4.78, 5) is 12.5. The molecule has 0 fully saturated rings. The average molecular weight is 469 g/mol. The Morgan fingerprint density at radius 1 is 0.970 bits per heavy atom. The third-order valence-corrected chi connectivity index (χ3v) is 7.13. The first kappa shape index (κ1) is 22.5. The molecule has 0 radical (unpaired) electrons. The van der Waals surface area contributed by atoms with E-state index in [1.807, 2.05) is 24.3 Å². The van der Waals surface area contributed by atoms with Gasteiger partial charge >= 0.3 is 0 Å². The van der Waals surface area contributed by atoms with E-state index in [1.54, 1.807) is 18.2 Å². The lowest BCUT2D eigenvalue weighted by atomic mass is 10.2. The van der Waals surface area contributed by atoms with Gasteiger partial charge in [0, 0.05) is 12.6 Å². The van der Waals surface area contributed by atoms with Crippen molar-refractivity contribution in [3.05, 3.63) is 72.3 Å². The highest BCUT2D eigenvalue weighted by Crippen LogP contribution is 2.33. The molecule has 8 nitrogen and oxygen atoms in total. The maximum Gasteiger partial charge on any atom is 0.264 e. The molecule has 4 rings (SSSR count). The van der Waals surface area contributed by atoms with Crippen LogP contribution in [0, 0.1) is 0 Å². The Hall–Kier alpha value is -3.72. The molecular weight excluding hydrogens is 444 g/mol. The first-order valence-corrected chi connectivity index (χ1v) is 11.7. The van der Waals surface area contributed by atoms with Crippen LogP contribution in [0.25, 0.3) is 0 Å². The Balaban J connectivity index is 1.40. The molecule has 1 aliphatic rings. The smallest absolute Gasteiger partial charge is 0.264 e. The van der Waals surface area contributed by atoms with Gasteiger partial charge in [-0.25, -0.2) is 8.42 Å². The molecular formula is C24H24N2O6S. The average Bonchev–Trinajstić information content (AvgIpc) is 3.28. The van der Waals surface area contributed by atoms with Crippen molar-refractivity contribution in [3.63, 3.8) is 0 Å². The number of hydrogen-bond donors (Lipinski definition) is 1. The van der Waals surface area contributed by atoms with Crippen molar-refractivity contribution in [1.29, 1.82) is 0 Å². The van der Waals surface area contributed by atoms with Crippen LogP contribution in [0.3, 0.4) is 0 Å². The summed E-state index contributed by atoms with van der Waals surface area (Å²) in [6.45, 7) is 0.153. The number of carbonyl (C=O) groups excluding carboxylic acids is 1. The lowest BCUT2D eigenvalue weighted by Crippen LogP contribution is -2.29. The number of rotatable bonds is 8. The van der Waals surface area contributed by atoms with Crippen molar-refractivity contribution >= 4 is 27.3 Å². The molecule has 1 heterocycles. The van der Waals surface area contributed by atoms with E-state index in [-0.39, 0.29) is 11.5 Å². The van der Waals surface area contributed by atoms with Gasteiger partial charge in [-0.05, 0) is 54.4 Å². The van der Waals surface area contributed by atoms with Crippen LogP contribution in [0.1, 0.15) is 5.56 Å². The van der Waals surface area contributed by atoms with E-state index < -0.39 is 15.9 Å². The number of nitrogens with one attached hydrogen (secondary N) is 1. The monoisotopic (exact) mass is 468 g/mol. The molecule has 3 aromatic carbocycles. The Morgan fingerprint density at radius 2 is 1.70 bits per heavy atom. The maximum atomic E-state index is 13.1. The van der Waals surface area contributed by atoms with Gasteiger partial charge < -0.3 is 19.5 Å². The van der Waals surface area contributed by atoms with Gasteiger partial charge in [0.15, 0.2) is 6.61 Å². The summed E-state index contributed by atoms with van der Waals surface area (Å²) >= 11 is 0. The van der Waals surface area contributed by atoms with E-state index in [0.717, 1.165) is 5.56 Å². The molecule has 0 aromatic heterocycles. The van der Waals surface area contributed by atoms with E-state index in [0.29, 0.717) is 41.6 Å². The van der Waals surface area contributed by atoms with Crippen LogP contribution in [-0.4, -0.2) is 41.7 Å². The number of amides is 1. The minimum atomic E-state index is -3.68. The van der Waals surface area contributed by atoms with Gasteiger partial charge in [0.05, 0.1) is 30.5 Å². The third kappa shape index (κ3) is 4.73. The molecule has 1 aliphatic heterocycles. The minimum absolute atomic E-state index is 0.164. The number of hydrogen-bond acceptors (Lipinski definition) is 6. The van der Waals surface area contributed by atoms with Crippen LogP contribution < -0.4 is 23.8 Å². The largest absolute Gasteiger partial charge is 0.497 e. The molecule has 33 heavy (non-hydrogen) atoms. The molecule has 0 spiro atoms. The highest BCUT2D eigenvalue weighted by Gasteiger charge is 2.30. The van der Waals surface area contributed by atoms with Crippen LogP contribution in [0.15, 0.2) is 71.6 Å². The summed E-state index contributed by atoms with van der Waals surface area (Å²) in [5.74, 6) is 1.04. The molecule has 0 saturated heterocycles. The number of sulfonamides is 1. The van der Waals surface area contributed by atoms with Gasteiger partial charge in [-0.1, -0.05) is 18.2 Å². The van der Waals surface area contributed by atoms with Crippen LogP contribution in [0.5, 0.6) is 17.2 Å². The number of nitrogens with zero attached hydrogens (tertiary/aromatic N) is 1. The fourth-order valence-corrected chi connectivity index (χ4v) is 5.14. The van der Waals surface area contributed by atoms with E-state index in [4.69, 9.17) is 14.2 Å². The Labute approximate surface area is 192 Å². The highest BCUT2D eigenvalue weighted by atomic mass is 32.2. The van der Waals surface area contributed by atoms with Gasteiger partial charge in [-0.15, -0.1) is 0 Å². The zero-order valence-electron chi connectivity index (χ0n) is 18.3. The van der Waals surface area contributed by atoms with Crippen molar-refractivity contribution in [2.24, 2.45) is 0 Å². The topological polar surface area (TPSA) is 94.2 Å². The first-order chi connectivity index (χ1) is 15.9. The second-order valence-corrected chi connectivity index (χ2v) is 9.19. The molecule has 9 heteroatoms. The third-order valence-electron chi connectivity index (χ3n) is 5.31. The second kappa shape index (κ2) is 9.41. The van der Waals surface area contributed by atoms with Crippen molar-refractivity contribution in [2.75, 3.05) is 37.0 Å². The summed E-state index contributed by atoms with van der Waals surface area (Å²) in [7, 11) is -0.648. The van der Waals surface area contributed by atoms with Crippen LogP contribution in [0.4, 0.5) is 11.4 Å². The van der Waals surface area contributed by atoms with Crippen molar-refractivity contribution < 1.29 is 27.4 Å². The van der Waals surface area contributed by atoms with Gasteiger partial charge in [0.2, 0.25) is 0 Å². The van der Waals surface area contributed by atoms with E-state index in [2.05, 4.69) is 5.32 Å². The Morgan fingerprint density at radius 3 is 2.42 bits per heavy atom. The number of anilines is 2. The number of para-hydroxylation sites is 1. The molecule has 0 bridgehead atoms. The highest BCUT2D eigenvalue weighted by molar-refractivity contribution is 7.92. The molecule has 1 N–H and O–H groups in total. The Bertz CT molecular complexity index is 1260. The summed E-state index contributed by atoms with van der Waals surface area (Å²) in [5.41, 5.74) is 2.18. The van der Waals surface area contributed by atoms with Gasteiger partial charge in [0.1, 0.15) is 17.2 Å². The van der Waals surface area contributed by atoms with Crippen LogP contribution in [0.2, 0.25) is 0 Å². The first-order valence-electron chi connectivity index (χ1n) is 10.3. The fraction of sp³-hybridized carbons (Fsp3) is 0.208. The molecule has 0 aliphatic carbocycles. The van der Waals surface area contributed by atoms with Gasteiger partial charge in [-0.3, -0.25) is 9.10 Å². The number of methoxy groups -OCH3 is 2. The normalized spacial score (nSPS) is 12.7. The van der Waals surface area contributed by atoms with Gasteiger partial charge in [-0.2, -0.15) is 0 Å². The summed E-state index contributed by atoms with van der Waals surface area (Å²) in [6.07, 6.45) is 0.684. The Kier molecular flexibility index (Phi) is 6.41. The lowest BCUT2D eigenvalue weighted by Gasteiger charge is -2.19. The van der Waals surface area contributed by atoms with E-state index >= 15 is 0 Å². The number of fused-ring (bicyclic) bond motifs is 1. The number of ether oxygens (including phenoxy) is 3. The summed E-state index contributed by atoms with van der Waals surface area (Å²) < 4.78 is 43.5.